The first-order valence-electron chi connectivity index (χ1n) is 6.56. The van der Waals surface area contributed by atoms with Crippen LogP contribution in [0.2, 0.25) is 0 Å². The molecule has 0 radical (unpaired) electrons. The Balaban J connectivity index is 3.23. The number of hydrogen-bond donors (Lipinski definition) is 0. The molecule has 1 aromatic carbocycles. The molecule has 0 bridgehead atoms. The van der Waals surface area contributed by atoms with Gasteiger partial charge in [0.15, 0.2) is 0 Å². The van der Waals surface area contributed by atoms with Crippen LogP contribution < -0.4 is 4.90 Å². The van der Waals surface area contributed by atoms with Crippen molar-refractivity contribution in [2.45, 2.75) is 46.6 Å². The van der Waals surface area contributed by atoms with Gasteiger partial charge in [0.25, 0.3) is 6.43 Å². The lowest BCUT2D eigenvalue weighted by atomic mass is 10.1. The topological polar surface area (TPSA) is 29.5 Å². The summed E-state index contributed by atoms with van der Waals surface area (Å²) in [7, 11) is 0. The van der Waals surface area contributed by atoms with Gasteiger partial charge in [-0.2, -0.15) is 0 Å². The fourth-order valence-electron chi connectivity index (χ4n) is 2.04. The Labute approximate surface area is 132 Å². The van der Waals surface area contributed by atoms with Crippen molar-refractivity contribution in [3.63, 3.8) is 0 Å². The van der Waals surface area contributed by atoms with Crippen molar-refractivity contribution in [2.24, 2.45) is 0 Å². The first-order chi connectivity index (χ1) is 9.51. The average molecular weight is 364 g/mol. The van der Waals surface area contributed by atoms with Gasteiger partial charge in [0, 0.05) is 4.47 Å². The molecule has 0 fully saturated rings. The predicted molar refractivity (Wildman–Crippen MR) is 83.2 cm³/mol. The minimum Gasteiger partial charge on any atom is -0.443 e. The minimum absolute atomic E-state index is 0.466. The van der Waals surface area contributed by atoms with Gasteiger partial charge in [-0.15, -0.1) is 0 Å². The second-order valence-corrected chi connectivity index (χ2v) is 6.79. The van der Waals surface area contributed by atoms with Crippen LogP contribution in [0.15, 0.2) is 16.6 Å². The highest BCUT2D eigenvalue weighted by Crippen LogP contribution is 2.30. The van der Waals surface area contributed by atoms with Gasteiger partial charge in [-0.3, -0.25) is 4.90 Å². The Kier molecular flexibility index (Phi) is 5.73. The van der Waals surface area contributed by atoms with E-state index >= 15 is 0 Å². The standard InChI is InChI=1S/C15H20BrF2NO2/c1-9-6-11(16)7-10(2)13(9)19(8-12(17)18)14(20)21-15(3,4)5/h6-7,12H,8H2,1-5H3. The molecule has 0 aromatic heterocycles. The Bertz CT molecular complexity index is 504. The lowest BCUT2D eigenvalue weighted by Crippen LogP contribution is -2.40. The van der Waals surface area contributed by atoms with Gasteiger partial charge in [0.05, 0.1) is 12.2 Å². The molecule has 0 aliphatic carbocycles. The summed E-state index contributed by atoms with van der Waals surface area (Å²) in [6.45, 7) is 7.95. The van der Waals surface area contributed by atoms with Crippen LogP contribution in [0.4, 0.5) is 19.3 Å². The van der Waals surface area contributed by atoms with Gasteiger partial charge in [-0.25, -0.2) is 13.6 Å². The number of rotatable bonds is 3. The fraction of sp³-hybridized carbons (Fsp3) is 0.533. The van der Waals surface area contributed by atoms with Gasteiger partial charge in [0.2, 0.25) is 0 Å². The molecule has 21 heavy (non-hydrogen) atoms. The van der Waals surface area contributed by atoms with Crippen LogP contribution in [0.25, 0.3) is 0 Å². The van der Waals surface area contributed by atoms with E-state index in [0.29, 0.717) is 5.69 Å². The van der Waals surface area contributed by atoms with Gasteiger partial charge >= 0.3 is 6.09 Å². The highest BCUT2D eigenvalue weighted by atomic mass is 79.9. The van der Waals surface area contributed by atoms with Gasteiger partial charge < -0.3 is 4.74 Å². The molecule has 1 aromatic rings. The van der Waals surface area contributed by atoms with E-state index in [9.17, 15) is 13.6 Å². The predicted octanol–water partition coefficient (Wildman–Crippen LogP) is 5.07. The lowest BCUT2D eigenvalue weighted by Gasteiger charge is -2.29. The highest BCUT2D eigenvalue weighted by molar-refractivity contribution is 9.10. The molecule has 0 atom stereocenters. The summed E-state index contributed by atoms with van der Waals surface area (Å²) in [5, 5.41) is 0. The summed E-state index contributed by atoms with van der Waals surface area (Å²) in [5.41, 5.74) is 1.18. The molecular formula is C15H20BrF2NO2. The molecule has 0 saturated heterocycles. The van der Waals surface area contributed by atoms with Crippen LogP contribution in [0.5, 0.6) is 0 Å². The summed E-state index contributed by atoms with van der Waals surface area (Å²) in [5.74, 6) is 0. The molecule has 0 N–H and O–H groups in total. The summed E-state index contributed by atoms with van der Waals surface area (Å²) in [6, 6.07) is 3.57. The van der Waals surface area contributed by atoms with E-state index in [-0.39, 0.29) is 0 Å². The van der Waals surface area contributed by atoms with E-state index in [1.165, 1.54) is 0 Å². The quantitative estimate of drug-likeness (QED) is 0.749. The zero-order valence-corrected chi connectivity index (χ0v) is 14.4. The molecule has 0 unspecified atom stereocenters. The number of hydrogen-bond acceptors (Lipinski definition) is 2. The number of nitrogens with zero attached hydrogens (tertiary/aromatic N) is 1. The van der Waals surface area contributed by atoms with Gasteiger partial charge in [-0.1, -0.05) is 15.9 Å². The summed E-state index contributed by atoms with van der Waals surface area (Å²) in [4.78, 5) is 13.2. The zero-order valence-electron chi connectivity index (χ0n) is 12.8. The first kappa shape index (κ1) is 17.9. The zero-order chi connectivity index (χ0) is 16.4. The van der Waals surface area contributed by atoms with Crippen molar-refractivity contribution in [1.82, 2.24) is 0 Å². The molecule has 6 heteroatoms. The van der Waals surface area contributed by atoms with Crippen molar-refractivity contribution in [1.29, 1.82) is 0 Å². The van der Waals surface area contributed by atoms with Crippen molar-refractivity contribution >= 4 is 27.7 Å². The third kappa shape index (κ3) is 5.26. The molecule has 1 rings (SSSR count). The van der Waals surface area contributed by atoms with E-state index < -0.39 is 24.7 Å². The third-order valence-corrected chi connectivity index (χ3v) is 3.12. The molecular weight excluding hydrogens is 344 g/mol. The molecule has 0 spiro atoms. The van der Waals surface area contributed by atoms with Crippen LogP contribution >= 0.6 is 15.9 Å². The number of ether oxygens (including phenoxy) is 1. The molecule has 0 aliphatic heterocycles. The van der Waals surface area contributed by atoms with Crippen LogP contribution in [0.3, 0.4) is 0 Å². The molecule has 0 saturated carbocycles. The van der Waals surface area contributed by atoms with Crippen molar-refractivity contribution in [2.75, 3.05) is 11.4 Å². The van der Waals surface area contributed by atoms with Crippen LogP contribution in [-0.4, -0.2) is 24.7 Å². The van der Waals surface area contributed by atoms with Gasteiger partial charge in [0.1, 0.15) is 5.60 Å². The molecule has 118 valence electrons. The molecule has 0 heterocycles. The maximum Gasteiger partial charge on any atom is 0.415 e. The Morgan fingerprint density at radius 1 is 1.29 bits per heavy atom. The SMILES string of the molecule is Cc1cc(Br)cc(C)c1N(CC(F)F)C(=O)OC(C)(C)C. The summed E-state index contributed by atoms with van der Waals surface area (Å²) < 4.78 is 31.8. The Morgan fingerprint density at radius 3 is 2.14 bits per heavy atom. The van der Waals surface area contributed by atoms with Gasteiger partial charge in [-0.05, 0) is 57.9 Å². The number of carbonyl (C=O) groups excluding carboxylic acids is 1. The number of aryl methyl sites for hydroxylation is 2. The van der Waals surface area contributed by atoms with E-state index in [4.69, 9.17) is 4.74 Å². The van der Waals surface area contributed by atoms with E-state index in [2.05, 4.69) is 15.9 Å². The maximum atomic E-state index is 12.8. The number of halogens is 3. The van der Waals surface area contributed by atoms with E-state index in [0.717, 1.165) is 20.5 Å². The molecule has 1 amide bonds. The van der Waals surface area contributed by atoms with E-state index in [1.54, 1.807) is 46.8 Å². The second kappa shape index (κ2) is 6.73. The summed E-state index contributed by atoms with van der Waals surface area (Å²) in [6.07, 6.45) is -3.41. The number of amides is 1. The van der Waals surface area contributed by atoms with Crippen molar-refractivity contribution < 1.29 is 18.3 Å². The number of alkyl halides is 2. The van der Waals surface area contributed by atoms with Crippen LogP contribution in [-0.2, 0) is 4.74 Å². The fourth-order valence-corrected chi connectivity index (χ4v) is 2.73. The first-order valence-corrected chi connectivity index (χ1v) is 7.36. The monoisotopic (exact) mass is 363 g/mol. The van der Waals surface area contributed by atoms with Crippen molar-refractivity contribution in [3.05, 3.63) is 27.7 Å². The van der Waals surface area contributed by atoms with E-state index in [1.807, 2.05) is 0 Å². The Hall–Kier alpha value is -1.17. The van der Waals surface area contributed by atoms with Crippen LogP contribution in [0, 0.1) is 13.8 Å². The largest absolute Gasteiger partial charge is 0.443 e. The number of carbonyl (C=O) groups is 1. The summed E-state index contributed by atoms with van der Waals surface area (Å²) >= 11 is 3.35. The lowest BCUT2D eigenvalue weighted by molar-refractivity contribution is 0.0543. The maximum absolute atomic E-state index is 12.8. The van der Waals surface area contributed by atoms with Crippen molar-refractivity contribution in [3.8, 4) is 0 Å². The smallest absolute Gasteiger partial charge is 0.415 e. The normalized spacial score (nSPS) is 11.7. The number of anilines is 1. The number of benzene rings is 1. The molecule has 0 aliphatic rings. The third-order valence-electron chi connectivity index (χ3n) is 2.66. The molecule has 3 nitrogen and oxygen atoms in total. The van der Waals surface area contributed by atoms with Crippen LogP contribution in [0.1, 0.15) is 31.9 Å². The Morgan fingerprint density at radius 2 is 1.76 bits per heavy atom. The minimum atomic E-state index is -2.64. The second-order valence-electron chi connectivity index (χ2n) is 5.87. The highest BCUT2D eigenvalue weighted by Gasteiger charge is 2.28. The average Bonchev–Trinajstić information content (AvgIpc) is 2.23.